The molecule has 0 amide bonds. The van der Waals surface area contributed by atoms with E-state index in [1.54, 1.807) is 13.0 Å². The Labute approximate surface area is 85.3 Å². The van der Waals surface area contributed by atoms with Crippen molar-refractivity contribution in [3.63, 3.8) is 0 Å². The highest BCUT2D eigenvalue weighted by molar-refractivity contribution is 5.34. The zero-order chi connectivity index (χ0) is 11.5. The Morgan fingerprint density at radius 3 is 2.47 bits per heavy atom. The van der Waals surface area contributed by atoms with Crippen molar-refractivity contribution >= 4 is 0 Å². The van der Waals surface area contributed by atoms with E-state index in [0.29, 0.717) is 11.1 Å². The van der Waals surface area contributed by atoms with Gasteiger partial charge < -0.3 is 9.84 Å². The lowest BCUT2D eigenvalue weighted by Gasteiger charge is -2.10. The lowest BCUT2D eigenvalue weighted by molar-refractivity contribution is -0.153. The minimum absolute atomic E-state index is 0.134. The smallest absolute Gasteiger partial charge is 0.422 e. The fourth-order valence-electron chi connectivity index (χ4n) is 1.10. The Bertz CT molecular complexity index is 334. The maximum atomic E-state index is 11.8. The molecule has 1 aromatic rings. The first-order chi connectivity index (χ1) is 6.92. The molecule has 0 saturated carbocycles. The molecule has 0 saturated heterocycles. The Hall–Kier alpha value is -1.23. The molecule has 84 valence electrons. The van der Waals surface area contributed by atoms with E-state index in [-0.39, 0.29) is 12.4 Å². The predicted molar refractivity (Wildman–Crippen MR) is 48.7 cm³/mol. The molecule has 0 aliphatic heterocycles. The first-order valence-electron chi connectivity index (χ1n) is 4.32. The van der Waals surface area contributed by atoms with Crippen molar-refractivity contribution in [3.05, 3.63) is 29.3 Å². The molecule has 5 heteroatoms. The van der Waals surface area contributed by atoms with Gasteiger partial charge in [-0.05, 0) is 30.2 Å². The van der Waals surface area contributed by atoms with Crippen molar-refractivity contribution in [2.24, 2.45) is 0 Å². The van der Waals surface area contributed by atoms with E-state index >= 15 is 0 Å². The topological polar surface area (TPSA) is 29.5 Å². The lowest BCUT2D eigenvalue weighted by atomic mass is 10.1. The number of aliphatic hydroxyl groups is 1. The van der Waals surface area contributed by atoms with Crippen LogP contribution in [0.15, 0.2) is 18.2 Å². The molecule has 2 nitrogen and oxygen atoms in total. The summed E-state index contributed by atoms with van der Waals surface area (Å²) in [6, 6.07) is 4.42. The maximum Gasteiger partial charge on any atom is 0.422 e. The van der Waals surface area contributed by atoms with Gasteiger partial charge in [-0.1, -0.05) is 6.07 Å². The number of aryl methyl sites for hydroxylation is 1. The van der Waals surface area contributed by atoms with Gasteiger partial charge in [0.2, 0.25) is 0 Å². The van der Waals surface area contributed by atoms with Gasteiger partial charge >= 0.3 is 6.18 Å². The predicted octanol–water partition coefficient (Wildman–Crippen LogP) is 2.43. The highest BCUT2D eigenvalue weighted by atomic mass is 19.4. The van der Waals surface area contributed by atoms with Gasteiger partial charge in [-0.2, -0.15) is 13.2 Å². The number of hydrogen-bond acceptors (Lipinski definition) is 2. The van der Waals surface area contributed by atoms with Gasteiger partial charge in [0.15, 0.2) is 6.61 Å². The summed E-state index contributed by atoms with van der Waals surface area (Å²) in [7, 11) is 0. The Morgan fingerprint density at radius 1 is 1.33 bits per heavy atom. The Kier molecular flexibility index (Phi) is 3.57. The SMILES string of the molecule is Cc1cc(OCC(F)(F)F)ccc1CO. The van der Waals surface area contributed by atoms with Gasteiger partial charge in [0.05, 0.1) is 6.61 Å². The normalized spacial score (nSPS) is 11.5. The average Bonchev–Trinajstić information content (AvgIpc) is 2.14. The van der Waals surface area contributed by atoms with Crippen molar-refractivity contribution in [2.75, 3.05) is 6.61 Å². The first kappa shape index (κ1) is 11.8. The minimum atomic E-state index is -4.33. The molecule has 0 heterocycles. The van der Waals surface area contributed by atoms with E-state index in [1.165, 1.54) is 12.1 Å². The van der Waals surface area contributed by atoms with Crippen LogP contribution in [0.4, 0.5) is 13.2 Å². The minimum Gasteiger partial charge on any atom is -0.484 e. The molecule has 15 heavy (non-hydrogen) atoms. The second-order valence-electron chi connectivity index (χ2n) is 3.15. The quantitative estimate of drug-likeness (QED) is 0.847. The van der Waals surface area contributed by atoms with E-state index in [1.807, 2.05) is 0 Å². The van der Waals surface area contributed by atoms with Gasteiger partial charge in [0.1, 0.15) is 5.75 Å². The standard InChI is InChI=1S/C10H11F3O2/c1-7-4-9(3-2-8(7)5-14)15-6-10(11,12)13/h2-4,14H,5-6H2,1H3. The van der Waals surface area contributed by atoms with E-state index in [4.69, 9.17) is 5.11 Å². The van der Waals surface area contributed by atoms with Crippen LogP contribution in [0.25, 0.3) is 0 Å². The number of ether oxygens (including phenoxy) is 1. The first-order valence-corrected chi connectivity index (χ1v) is 4.32. The van der Waals surface area contributed by atoms with Crippen LogP contribution in [0.2, 0.25) is 0 Å². The number of alkyl halides is 3. The summed E-state index contributed by atoms with van der Waals surface area (Å²) in [5.41, 5.74) is 1.38. The molecule has 1 N–H and O–H groups in total. The molecule has 0 fully saturated rings. The van der Waals surface area contributed by atoms with Crippen LogP contribution >= 0.6 is 0 Å². The van der Waals surface area contributed by atoms with E-state index in [0.717, 1.165) is 0 Å². The highest BCUT2D eigenvalue weighted by Gasteiger charge is 2.28. The van der Waals surface area contributed by atoms with Crippen molar-refractivity contribution in [3.8, 4) is 5.75 Å². The van der Waals surface area contributed by atoms with E-state index in [2.05, 4.69) is 4.74 Å². The second kappa shape index (κ2) is 4.53. The van der Waals surface area contributed by atoms with Crippen molar-refractivity contribution in [1.29, 1.82) is 0 Å². The molecule has 0 atom stereocenters. The van der Waals surface area contributed by atoms with Crippen molar-refractivity contribution < 1.29 is 23.0 Å². The molecule has 0 spiro atoms. The Balaban J connectivity index is 2.68. The molecular formula is C10H11F3O2. The molecule has 0 bridgehead atoms. The summed E-state index contributed by atoms with van der Waals surface area (Å²) < 4.78 is 40.0. The lowest BCUT2D eigenvalue weighted by Crippen LogP contribution is -2.19. The van der Waals surface area contributed by atoms with Gasteiger partial charge in [-0.15, -0.1) is 0 Å². The summed E-state index contributed by atoms with van der Waals surface area (Å²) >= 11 is 0. The average molecular weight is 220 g/mol. The summed E-state index contributed by atoms with van der Waals surface area (Å²) in [6.07, 6.45) is -4.33. The number of halogens is 3. The molecule has 0 aromatic heterocycles. The summed E-state index contributed by atoms with van der Waals surface area (Å²) in [5, 5.41) is 8.85. The van der Waals surface area contributed by atoms with Crippen LogP contribution in [0.3, 0.4) is 0 Å². The van der Waals surface area contributed by atoms with Gasteiger partial charge in [-0.3, -0.25) is 0 Å². The summed E-state index contributed by atoms with van der Waals surface area (Å²) in [5.74, 6) is 0.155. The number of benzene rings is 1. The van der Waals surface area contributed by atoms with Gasteiger partial charge in [0, 0.05) is 0 Å². The fraction of sp³-hybridized carbons (Fsp3) is 0.400. The summed E-state index contributed by atoms with van der Waals surface area (Å²) in [4.78, 5) is 0. The third-order valence-corrected chi connectivity index (χ3v) is 1.89. The molecule has 1 aromatic carbocycles. The van der Waals surface area contributed by atoms with Gasteiger partial charge in [-0.25, -0.2) is 0 Å². The van der Waals surface area contributed by atoms with E-state index < -0.39 is 12.8 Å². The van der Waals surface area contributed by atoms with Crippen LogP contribution < -0.4 is 4.74 Å². The zero-order valence-corrected chi connectivity index (χ0v) is 8.14. The second-order valence-corrected chi connectivity index (χ2v) is 3.15. The zero-order valence-electron chi connectivity index (χ0n) is 8.14. The van der Waals surface area contributed by atoms with E-state index in [9.17, 15) is 13.2 Å². The van der Waals surface area contributed by atoms with Crippen LogP contribution in [0.1, 0.15) is 11.1 Å². The molecule has 0 aliphatic rings. The maximum absolute atomic E-state index is 11.8. The highest BCUT2D eigenvalue weighted by Crippen LogP contribution is 2.21. The van der Waals surface area contributed by atoms with Crippen molar-refractivity contribution in [2.45, 2.75) is 19.7 Å². The van der Waals surface area contributed by atoms with Crippen LogP contribution in [-0.2, 0) is 6.61 Å². The number of rotatable bonds is 3. The molecule has 1 rings (SSSR count). The van der Waals surface area contributed by atoms with Gasteiger partial charge in [0.25, 0.3) is 0 Å². The van der Waals surface area contributed by atoms with Crippen LogP contribution in [0.5, 0.6) is 5.75 Å². The Morgan fingerprint density at radius 2 is 2.00 bits per heavy atom. The van der Waals surface area contributed by atoms with Crippen LogP contribution in [-0.4, -0.2) is 17.9 Å². The third-order valence-electron chi connectivity index (χ3n) is 1.89. The summed E-state index contributed by atoms with van der Waals surface area (Å²) in [6.45, 7) is 0.266. The monoisotopic (exact) mass is 220 g/mol. The molecule has 0 radical (unpaired) electrons. The third kappa shape index (κ3) is 3.79. The number of hydrogen-bond donors (Lipinski definition) is 1. The van der Waals surface area contributed by atoms with Crippen LogP contribution in [0, 0.1) is 6.92 Å². The largest absolute Gasteiger partial charge is 0.484 e. The fourth-order valence-corrected chi connectivity index (χ4v) is 1.10. The molecular weight excluding hydrogens is 209 g/mol. The molecule has 0 aliphatic carbocycles. The number of aliphatic hydroxyl groups excluding tert-OH is 1. The van der Waals surface area contributed by atoms with Crippen molar-refractivity contribution in [1.82, 2.24) is 0 Å². The molecule has 0 unspecified atom stereocenters.